The largest absolute Gasteiger partial charge is 0.396 e. The van der Waals surface area contributed by atoms with Gasteiger partial charge < -0.3 is 5.32 Å². The van der Waals surface area contributed by atoms with Gasteiger partial charge in [-0.2, -0.15) is 13.2 Å². The van der Waals surface area contributed by atoms with Crippen LogP contribution in [0.15, 0.2) is 0 Å². The summed E-state index contributed by atoms with van der Waals surface area (Å²) in [6.45, 7) is 7.50. The molecule has 0 amide bonds. The summed E-state index contributed by atoms with van der Waals surface area (Å²) in [5, 5.41) is 3.30. The highest BCUT2D eigenvalue weighted by atomic mass is 19.4. The fraction of sp³-hybridized carbons (Fsp3) is 0.714. The van der Waals surface area contributed by atoms with Crippen LogP contribution in [0.4, 0.5) is 13.2 Å². The molecule has 0 aromatic carbocycles. The van der Waals surface area contributed by atoms with Gasteiger partial charge in [-0.15, -0.1) is 0 Å². The van der Waals surface area contributed by atoms with E-state index >= 15 is 0 Å². The first-order valence-electron chi connectivity index (χ1n) is 6.94. The van der Waals surface area contributed by atoms with Crippen molar-refractivity contribution in [2.75, 3.05) is 13.1 Å². The van der Waals surface area contributed by atoms with E-state index in [-0.39, 0.29) is 5.82 Å². The Bertz CT molecular complexity index is 407. The summed E-state index contributed by atoms with van der Waals surface area (Å²) in [5.74, 6) is -0.139. The number of halogens is 3. The lowest BCUT2D eigenvalue weighted by Crippen LogP contribution is -2.18. The average Bonchev–Trinajstić information content (AvgIpc) is 2.29. The summed E-state index contributed by atoms with van der Waals surface area (Å²) in [7, 11) is 0. The van der Waals surface area contributed by atoms with Crippen LogP contribution in [-0.2, 0) is 12.8 Å². The smallest absolute Gasteiger partial charge is 0.317 e. The van der Waals surface area contributed by atoms with Crippen LogP contribution in [0, 0.1) is 13.8 Å². The second-order valence-electron chi connectivity index (χ2n) is 4.93. The van der Waals surface area contributed by atoms with Crippen LogP contribution in [0.25, 0.3) is 0 Å². The molecule has 0 aliphatic rings. The lowest BCUT2D eigenvalue weighted by molar-refractivity contribution is -0.128. The molecule has 0 aliphatic heterocycles. The molecular weight excluding hydrogens is 267 g/mol. The fourth-order valence-corrected chi connectivity index (χ4v) is 2.12. The average molecular weight is 289 g/mol. The normalized spacial score (nSPS) is 11.9. The maximum atomic E-state index is 12.3. The number of nitrogens with zero attached hydrogens (tertiary/aromatic N) is 2. The van der Waals surface area contributed by atoms with Crippen molar-refractivity contribution in [3.05, 3.63) is 22.8 Å². The second kappa shape index (κ2) is 7.57. The standard InChI is InChI=1S/C14H22F3N3/c1-4-7-18-8-5-6-12-10(2)19-13(20-11(12)3)9-14(15,16)17/h18H,4-9H2,1-3H3. The Balaban J connectivity index is 2.64. The zero-order chi connectivity index (χ0) is 15.2. The van der Waals surface area contributed by atoms with E-state index < -0.39 is 12.6 Å². The lowest BCUT2D eigenvalue weighted by atomic mass is 10.1. The highest BCUT2D eigenvalue weighted by Gasteiger charge is 2.29. The fourth-order valence-electron chi connectivity index (χ4n) is 2.12. The van der Waals surface area contributed by atoms with Gasteiger partial charge in [0.15, 0.2) is 0 Å². The Kier molecular flexibility index (Phi) is 6.39. The van der Waals surface area contributed by atoms with Gasteiger partial charge in [0.2, 0.25) is 0 Å². The molecule has 6 heteroatoms. The number of hydrogen-bond donors (Lipinski definition) is 1. The van der Waals surface area contributed by atoms with E-state index in [9.17, 15) is 13.2 Å². The van der Waals surface area contributed by atoms with Crippen molar-refractivity contribution in [3.63, 3.8) is 0 Å². The molecule has 1 aromatic rings. The number of hydrogen-bond acceptors (Lipinski definition) is 3. The minimum absolute atomic E-state index is 0.139. The van der Waals surface area contributed by atoms with Crippen molar-refractivity contribution in [1.29, 1.82) is 0 Å². The van der Waals surface area contributed by atoms with Crippen molar-refractivity contribution in [2.45, 2.75) is 52.6 Å². The van der Waals surface area contributed by atoms with Crippen molar-refractivity contribution < 1.29 is 13.2 Å². The van der Waals surface area contributed by atoms with E-state index in [0.717, 1.165) is 37.9 Å². The van der Waals surface area contributed by atoms with Crippen LogP contribution in [-0.4, -0.2) is 29.2 Å². The first kappa shape index (κ1) is 16.9. The zero-order valence-electron chi connectivity index (χ0n) is 12.3. The number of alkyl halides is 3. The molecule has 114 valence electrons. The molecule has 1 aromatic heterocycles. The summed E-state index contributed by atoms with van der Waals surface area (Å²) in [5.41, 5.74) is 2.29. The molecule has 0 spiro atoms. The summed E-state index contributed by atoms with van der Waals surface area (Å²) in [6, 6.07) is 0. The van der Waals surface area contributed by atoms with Crippen LogP contribution < -0.4 is 5.32 Å². The number of nitrogens with one attached hydrogen (secondary N) is 1. The van der Waals surface area contributed by atoms with Crippen LogP contribution in [0.2, 0.25) is 0 Å². The van der Waals surface area contributed by atoms with Gasteiger partial charge in [0.05, 0.1) is 0 Å². The second-order valence-corrected chi connectivity index (χ2v) is 4.93. The molecule has 0 bridgehead atoms. The van der Waals surface area contributed by atoms with E-state index in [4.69, 9.17) is 0 Å². The number of rotatable bonds is 7. The van der Waals surface area contributed by atoms with Crippen molar-refractivity contribution in [2.24, 2.45) is 0 Å². The van der Waals surface area contributed by atoms with E-state index in [2.05, 4.69) is 22.2 Å². The SMILES string of the molecule is CCCNCCCc1c(C)nc(CC(F)(F)F)nc1C. The zero-order valence-corrected chi connectivity index (χ0v) is 12.3. The molecule has 0 aliphatic carbocycles. The van der Waals surface area contributed by atoms with Gasteiger partial charge in [-0.1, -0.05) is 6.92 Å². The molecule has 0 radical (unpaired) electrons. The van der Waals surface area contributed by atoms with Crippen LogP contribution >= 0.6 is 0 Å². The van der Waals surface area contributed by atoms with Gasteiger partial charge in [0.1, 0.15) is 12.2 Å². The Morgan fingerprint density at radius 1 is 1.05 bits per heavy atom. The lowest BCUT2D eigenvalue weighted by Gasteiger charge is -2.12. The molecule has 0 fully saturated rings. The summed E-state index contributed by atoms with van der Waals surface area (Å²) in [6.07, 6.45) is -2.50. The minimum atomic E-state index is -4.26. The Hall–Kier alpha value is -1.17. The van der Waals surface area contributed by atoms with E-state index in [1.807, 2.05) is 0 Å². The monoisotopic (exact) mass is 289 g/mol. The molecular formula is C14H22F3N3. The molecule has 1 heterocycles. The Labute approximate surface area is 118 Å². The third-order valence-electron chi connectivity index (χ3n) is 3.03. The molecule has 0 atom stereocenters. The highest BCUT2D eigenvalue weighted by Crippen LogP contribution is 2.21. The number of aryl methyl sites for hydroxylation is 2. The first-order chi connectivity index (χ1) is 9.33. The molecule has 0 saturated heterocycles. The number of aromatic nitrogens is 2. The minimum Gasteiger partial charge on any atom is -0.317 e. The van der Waals surface area contributed by atoms with Crippen molar-refractivity contribution in [3.8, 4) is 0 Å². The van der Waals surface area contributed by atoms with Gasteiger partial charge in [-0.05, 0) is 51.8 Å². The molecule has 1 N–H and O–H groups in total. The third-order valence-corrected chi connectivity index (χ3v) is 3.03. The predicted octanol–water partition coefficient (Wildman–Crippen LogP) is 3.13. The van der Waals surface area contributed by atoms with Crippen LogP contribution in [0.3, 0.4) is 0 Å². The quantitative estimate of drug-likeness (QED) is 0.784. The van der Waals surface area contributed by atoms with E-state index in [1.54, 1.807) is 13.8 Å². The summed E-state index contributed by atoms with van der Waals surface area (Å²) in [4.78, 5) is 7.97. The summed E-state index contributed by atoms with van der Waals surface area (Å²) < 4.78 is 37.0. The van der Waals surface area contributed by atoms with Gasteiger partial charge in [-0.3, -0.25) is 0 Å². The molecule has 3 nitrogen and oxygen atoms in total. The Morgan fingerprint density at radius 3 is 2.15 bits per heavy atom. The van der Waals surface area contributed by atoms with Crippen molar-refractivity contribution in [1.82, 2.24) is 15.3 Å². The molecule has 20 heavy (non-hydrogen) atoms. The van der Waals surface area contributed by atoms with E-state index in [0.29, 0.717) is 11.4 Å². The Morgan fingerprint density at radius 2 is 1.65 bits per heavy atom. The maximum absolute atomic E-state index is 12.3. The summed E-state index contributed by atoms with van der Waals surface area (Å²) >= 11 is 0. The molecule has 0 unspecified atom stereocenters. The van der Waals surface area contributed by atoms with Gasteiger partial charge in [0.25, 0.3) is 0 Å². The van der Waals surface area contributed by atoms with Gasteiger partial charge in [0, 0.05) is 11.4 Å². The van der Waals surface area contributed by atoms with Crippen molar-refractivity contribution >= 4 is 0 Å². The molecule has 0 saturated carbocycles. The van der Waals surface area contributed by atoms with Gasteiger partial charge in [-0.25, -0.2) is 9.97 Å². The maximum Gasteiger partial charge on any atom is 0.396 e. The predicted molar refractivity (Wildman–Crippen MR) is 72.7 cm³/mol. The van der Waals surface area contributed by atoms with Crippen LogP contribution in [0.5, 0.6) is 0 Å². The first-order valence-corrected chi connectivity index (χ1v) is 6.94. The van der Waals surface area contributed by atoms with Gasteiger partial charge >= 0.3 is 6.18 Å². The van der Waals surface area contributed by atoms with E-state index in [1.165, 1.54) is 0 Å². The third kappa shape index (κ3) is 5.86. The highest BCUT2D eigenvalue weighted by molar-refractivity contribution is 5.24. The topological polar surface area (TPSA) is 37.8 Å². The molecule has 1 rings (SSSR count). The van der Waals surface area contributed by atoms with Crippen LogP contribution in [0.1, 0.15) is 42.5 Å².